The summed E-state index contributed by atoms with van der Waals surface area (Å²) in [6, 6.07) is 14.3. The molecule has 0 radical (unpaired) electrons. The second-order valence-corrected chi connectivity index (χ2v) is 6.52. The lowest BCUT2D eigenvalue weighted by Crippen LogP contribution is -2.38. The third-order valence-corrected chi connectivity index (χ3v) is 4.35. The van der Waals surface area contributed by atoms with Crippen LogP contribution in [0.1, 0.15) is 18.4 Å². The van der Waals surface area contributed by atoms with Crippen LogP contribution in [-0.2, 0) is 6.42 Å². The molecule has 26 heavy (non-hydrogen) atoms. The van der Waals surface area contributed by atoms with Crippen LogP contribution in [0.5, 0.6) is 0 Å². The number of nitrogens with one attached hydrogen (secondary N) is 2. The molecule has 0 aliphatic carbocycles. The summed E-state index contributed by atoms with van der Waals surface area (Å²) in [6.45, 7) is 2.76. The summed E-state index contributed by atoms with van der Waals surface area (Å²) in [6.07, 6.45) is 4.92. The normalized spacial score (nSPS) is 11.3. The van der Waals surface area contributed by atoms with Gasteiger partial charge >= 0.3 is 0 Å². The summed E-state index contributed by atoms with van der Waals surface area (Å²) in [5.74, 6) is 0.836. The summed E-state index contributed by atoms with van der Waals surface area (Å²) in [4.78, 5) is 10.6. The Bertz CT molecular complexity index is 658. The Morgan fingerprint density at radius 3 is 2.54 bits per heavy atom. The van der Waals surface area contributed by atoms with Gasteiger partial charge in [-0.15, -0.1) is 0 Å². The fourth-order valence-corrected chi connectivity index (χ4v) is 2.70. The van der Waals surface area contributed by atoms with E-state index in [1.54, 1.807) is 7.05 Å². The van der Waals surface area contributed by atoms with Crippen LogP contribution in [0.4, 0.5) is 5.69 Å². The molecule has 0 saturated carbocycles. The first-order valence-electron chi connectivity index (χ1n) is 9.00. The van der Waals surface area contributed by atoms with Gasteiger partial charge in [0, 0.05) is 45.6 Å². The van der Waals surface area contributed by atoms with Crippen LogP contribution in [0.2, 0.25) is 5.15 Å². The number of aromatic nitrogens is 1. The number of guanidine groups is 1. The minimum Gasteiger partial charge on any atom is -0.375 e. The van der Waals surface area contributed by atoms with E-state index in [0.717, 1.165) is 50.4 Å². The highest BCUT2D eigenvalue weighted by Crippen LogP contribution is 2.11. The Hall–Kier alpha value is -2.27. The Morgan fingerprint density at radius 2 is 1.85 bits per heavy atom. The van der Waals surface area contributed by atoms with Gasteiger partial charge in [-0.05, 0) is 43.0 Å². The van der Waals surface area contributed by atoms with Gasteiger partial charge in [0.05, 0.1) is 0 Å². The third-order valence-electron chi connectivity index (χ3n) is 4.13. The second kappa shape index (κ2) is 11.4. The Balaban J connectivity index is 1.58. The lowest BCUT2D eigenvalue weighted by atomic mass is 10.2. The summed E-state index contributed by atoms with van der Waals surface area (Å²) in [5.41, 5.74) is 2.41. The van der Waals surface area contributed by atoms with Crippen molar-refractivity contribution in [3.63, 3.8) is 0 Å². The van der Waals surface area contributed by atoms with Crippen molar-refractivity contribution in [2.24, 2.45) is 4.99 Å². The van der Waals surface area contributed by atoms with Crippen LogP contribution in [-0.4, -0.2) is 44.7 Å². The molecule has 6 heteroatoms. The molecule has 1 aromatic carbocycles. The van der Waals surface area contributed by atoms with E-state index in [-0.39, 0.29) is 0 Å². The molecule has 0 fully saturated rings. The van der Waals surface area contributed by atoms with Gasteiger partial charge in [-0.25, -0.2) is 4.98 Å². The van der Waals surface area contributed by atoms with E-state index in [2.05, 4.69) is 56.8 Å². The molecule has 0 spiro atoms. The van der Waals surface area contributed by atoms with Crippen molar-refractivity contribution in [1.82, 2.24) is 15.6 Å². The summed E-state index contributed by atoms with van der Waals surface area (Å²) >= 11 is 5.80. The molecule has 2 N–H and O–H groups in total. The van der Waals surface area contributed by atoms with Crippen molar-refractivity contribution in [3.05, 3.63) is 59.4 Å². The first-order valence-corrected chi connectivity index (χ1v) is 9.38. The van der Waals surface area contributed by atoms with Gasteiger partial charge in [0.1, 0.15) is 5.15 Å². The molecule has 0 aliphatic heterocycles. The smallest absolute Gasteiger partial charge is 0.190 e. The van der Waals surface area contributed by atoms with Gasteiger partial charge in [-0.2, -0.15) is 0 Å². The van der Waals surface area contributed by atoms with Crippen LogP contribution in [0.3, 0.4) is 0 Å². The molecule has 0 amide bonds. The van der Waals surface area contributed by atoms with Crippen LogP contribution in [0.25, 0.3) is 0 Å². The number of hydrogen-bond donors (Lipinski definition) is 2. The largest absolute Gasteiger partial charge is 0.375 e. The number of hydrogen-bond acceptors (Lipinski definition) is 3. The lowest BCUT2D eigenvalue weighted by Gasteiger charge is -2.19. The van der Waals surface area contributed by atoms with Crippen LogP contribution >= 0.6 is 11.6 Å². The van der Waals surface area contributed by atoms with Crippen LogP contribution in [0.15, 0.2) is 53.7 Å². The highest BCUT2D eigenvalue weighted by Gasteiger charge is 2.01. The molecular formula is C20H28ClN5. The molecule has 0 bridgehead atoms. The van der Waals surface area contributed by atoms with Gasteiger partial charge in [0.25, 0.3) is 0 Å². The van der Waals surface area contributed by atoms with Crippen LogP contribution in [0, 0.1) is 0 Å². The van der Waals surface area contributed by atoms with Gasteiger partial charge < -0.3 is 15.5 Å². The number of aliphatic imine (C=N–C) groups is 1. The number of benzene rings is 1. The highest BCUT2D eigenvalue weighted by atomic mass is 35.5. The highest BCUT2D eigenvalue weighted by molar-refractivity contribution is 6.29. The number of unbranched alkanes of at least 4 members (excludes halogenated alkanes) is 1. The Kier molecular flexibility index (Phi) is 8.76. The molecule has 0 saturated heterocycles. The maximum absolute atomic E-state index is 5.80. The Labute approximate surface area is 161 Å². The third kappa shape index (κ3) is 7.31. The quantitative estimate of drug-likeness (QED) is 0.306. The van der Waals surface area contributed by atoms with E-state index in [1.165, 1.54) is 5.69 Å². The lowest BCUT2D eigenvalue weighted by molar-refractivity contribution is 0.686. The molecule has 0 atom stereocenters. The fraction of sp³-hybridized carbons (Fsp3) is 0.400. The molecule has 1 aromatic heterocycles. The topological polar surface area (TPSA) is 52.6 Å². The zero-order chi connectivity index (χ0) is 18.6. The maximum atomic E-state index is 5.80. The van der Waals surface area contributed by atoms with E-state index in [0.29, 0.717) is 5.15 Å². The fourth-order valence-electron chi connectivity index (χ4n) is 2.59. The van der Waals surface area contributed by atoms with Gasteiger partial charge in [0.15, 0.2) is 5.96 Å². The number of rotatable bonds is 9. The molecule has 2 aromatic rings. The molecule has 2 rings (SSSR count). The minimum atomic E-state index is 0.525. The van der Waals surface area contributed by atoms with Crippen molar-refractivity contribution in [1.29, 1.82) is 0 Å². The summed E-state index contributed by atoms with van der Waals surface area (Å²) < 4.78 is 0. The average Bonchev–Trinajstić information content (AvgIpc) is 2.68. The molecule has 140 valence electrons. The monoisotopic (exact) mass is 373 g/mol. The van der Waals surface area contributed by atoms with Crippen molar-refractivity contribution >= 4 is 23.2 Å². The zero-order valence-corrected chi connectivity index (χ0v) is 16.3. The minimum absolute atomic E-state index is 0.525. The number of para-hydroxylation sites is 1. The van der Waals surface area contributed by atoms with E-state index < -0.39 is 0 Å². The molecular weight excluding hydrogens is 346 g/mol. The van der Waals surface area contributed by atoms with Crippen molar-refractivity contribution in [2.75, 3.05) is 38.6 Å². The van der Waals surface area contributed by atoms with Crippen molar-refractivity contribution in [2.45, 2.75) is 19.3 Å². The predicted molar refractivity (Wildman–Crippen MR) is 111 cm³/mol. The second-order valence-electron chi connectivity index (χ2n) is 6.13. The molecule has 0 aliphatic rings. The average molecular weight is 374 g/mol. The number of pyridine rings is 1. The first-order chi connectivity index (χ1) is 12.7. The number of anilines is 1. The molecule has 5 nitrogen and oxygen atoms in total. The zero-order valence-electron chi connectivity index (χ0n) is 15.6. The van der Waals surface area contributed by atoms with Crippen molar-refractivity contribution in [3.8, 4) is 0 Å². The number of nitrogens with zero attached hydrogens (tertiary/aromatic N) is 3. The molecule has 1 heterocycles. The molecule has 0 unspecified atom stereocenters. The van der Waals surface area contributed by atoms with Crippen molar-refractivity contribution < 1.29 is 0 Å². The van der Waals surface area contributed by atoms with Gasteiger partial charge in [-0.3, -0.25) is 4.99 Å². The SMILES string of the molecule is CN=C(NCCCCN(C)c1ccccc1)NCCc1ccc(Cl)nc1. The maximum Gasteiger partial charge on any atom is 0.190 e. The van der Waals surface area contributed by atoms with Crippen LogP contribution < -0.4 is 15.5 Å². The van der Waals surface area contributed by atoms with E-state index in [9.17, 15) is 0 Å². The Morgan fingerprint density at radius 1 is 1.08 bits per heavy atom. The van der Waals surface area contributed by atoms with E-state index >= 15 is 0 Å². The van der Waals surface area contributed by atoms with Gasteiger partial charge in [0.2, 0.25) is 0 Å². The standard InChI is InChI=1S/C20H28ClN5/c1-22-20(24-14-12-17-10-11-19(21)25-16-17)23-13-6-7-15-26(2)18-8-4-3-5-9-18/h3-5,8-11,16H,6-7,12-15H2,1-2H3,(H2,22,23,24). The van der Waals surface area contributed by atoms with E-state index in [1.807, 2.05) is 24.4 Å². The first kappa shape index (κ1) is 20.0. The summed E-state index contributed by atoms with van der Waals surface area (Å²) in [5, 5.41) is 7.21. The van der Waals surface area contributed by atoms with Gasteiger partial charge in [-0.1, -0.05) is 35.9 Å². The number of halogens is 1. The summed E-state index contributed by atoms with van der Waals surface area (Å²) in [7, 11) is 3.93. The van der Waals surface area contributed by atoms with E-state index in [4.69, 9.17) is 11.6 Å². The predicted octanol–water partition coefficient (Wildman–Crippen LogP) is 3.36.